The number of benzene rings is 1. The van der Waals surface area contributed by atoms with Crippen molar-refractivity contribution in [1.29, 1.82) is 0 Å². The molecule has 0 bridgehead atoms. The monoisotopic (exact) mass is 355 g/mol. The number of aromatic nitrogens is 1. The Morgan fingerprint density at radius 3 is 2.80 bits per heavy atom. The highest BCUT2D eigenvalue weighted by molar-refractivity contribution is 7.99. The standard InChI is InChI=1S/C20H25N3OS/c1-16(18-5-3-2-4-6-18)23-12-9-19(13-23)22-20(24)15-25-14-17-7-10-21-11-8-17/h2-8,10-11,16,19H,9,12-15H2,1H3,(H,22,24). The molecule has 0 aliphatic carbocycles. The Morgan fingerprint density at radius 2 is 2.04 bits per heavy atom. The smallest absolute Gasteiger partial charge is 0.230 e. The Morgan fingerprint density at radius 1 is 1.28 bits per heavy atom. The van der Waals surface area contributed by atoms with Gasteiger partial charge in [-0.2, -0.15) is 0 Å². The molecule has 0 radical (unpaired) electrons. The van der Waals surface area contributed by atoms with E-state index in [1.165, 1.54) is 11.1 Å². The summed E-state index contributed by atoms with van der Waals surface area (Å²) in [5.74, 6) is 1.49. The van der Waals surface area contributed by atoms with E-state index in [2.05, 4.69) is 46.4 Å². The maximum Gasteiger partial charge on any atom is 0.230 e. The first-order chi connectivity index (χ1) is 12.2. The van der Waals surface area contributed by atoms with Crippen molar-refractivity contribution in [1.82, 2.24) is 15.2 Å². The first-order valence-corrected chi connectivity index (χ1v) is 9.93. The molecule has 1 aromatic carbocycles. The summed E-state index contributed by atoms with van der Waals surface area (Å²) in [5.41, 5.74) is 2.54. The van der Waals surface area contributed by atoms with Gasteiger partial charge in [-0.15, -0.1) is 11.8 Å². The third-order valence-corrected chi connectivity index (χ3v) is 5.67. The van der Waals surface area contributed by atoms with Gasteiger partial charge in [0.25, 0.3) is 0 Å². The number of carbonyl (C=O) groups excluding carboxylic acids is 1. The van der Waals surface area contributed by atoms with Gasteiger partial charge in [0, 0.05) is 43.3 Å². The zero-order valence-corrected chi connectivity index (χ0v) is 15.4. The van der Waals surface area contributed by atoms with Crippen molar-refractivity contribution in [3.63, 3.8) is 0 Å². The third-order valence-electron chi connectivity index (χ3n) is 4.67. The van der Waals surface area contributed by atoms with Crippen molar-refractivity contribution < 1.29 is 4.79 Å². The molecule has 1 N–H and O–H groups in total. The fraction of sp³-hybridized carbons (Fsp3) is 0.400. The van der Waals surface area contributed by atoms with E-state index in [1.54, 1.807) is 24.2 Å². The van der Waals surface area contributed by atoms with Gasteiger partial charge in [-0.25, -0.2) is 0 Å². The molecule has 2 aromatic rings. The first-order valence-electron chi connectivity index (χ1n) is 8.77. The third kappa shape index (κ3) is 5.31. The van der Waals surface area contributed by atoms with Crippen LogP contribution in [0.25, 0.3) is 0 Å². The highest BCUT2D eigenvalue weighted by atomic mass is 32.2. The molecule has 1 aliphatic rings. The fourth-order valence-corrected chi connectivity index (χ4v) is 4.01. The van der Waals surface area contributed by atoms with Gasteiger partial charge < -0.3 is 5.32 Å². The number of hydrogen-bond acceptors (Lipinski definition) is 4. The zero-order chi connectivity index (χ0) is 17.5. The molecule has 1 aliphatic heterocycles. The normalized spacial score (nSPS) is 18.8. The number of carbonyl (C=O) groups is 1. The van der Waals surface area contributed by atoms with Crippen LogP contribution >= 0.6 is 11.8 Å². The SMILES string of the molecule is CC(c1ccccc1)N1CCC(NC(=O)CSCc2ccncc2)C1. The molecule has 25 heavy (non-hydrogen) atoms. The Bertz CT molecular complexity index is 665. The molecular weight excluding hydrogens is 330 g/mol. The van der Waals surface area contributed by atoms with Crippen LogP contribution < -0.4 is 5.32 Å². The van der Waals surface area contributed by atoms with Crippen molar-refractivity contribution >= 4 is 17.7 Å². The summed E-state index contributed by atoms with van der Waals surface area (Å²) in [6, 6.07) is 15.2. The Balaban J connectivity index is 1.39. The molecular formula is C20H25N3OS. The molecule has 1 aromatic heterocycles. The van der Waals surface area contributed by atoms with E-state index in [0.717, 1.165) is 25.3 Å². The molecule has 3 rings (SSSR count). The molecule has 1 saturated heterocycles. The van der Waals surface area contributed by atoms with E-state index >= 15 is 0 Å². The van der Waals surface area contributed by atoms with Crippen molar-refractivity contribution in [2.24, 2.45) is 0 Å². The minimum Gasteiger partial charge on any atom is -0.351 e. The highest BCUT2D eigenvalue weighted by Crippen LogP contribution is 2.24. The Hall–Kier alpha value is -1.85. The number of pyridine rings is 1. The van der Waals surface area contributed by atoms with E-state index in [1.807, 2.05) is 18.2 Å². The lowest BCUT2D eigenvalue weighted by atomic mass is 10.1. The average Bonchev–Trinajstić information content (AvgIpc) is 3.11. The van der Waals surface area contributed by atoms with Gasteiger partial charge in [0.2, 0.25) is 5.91 Å². The van der Waals surface area contributed by atoms with Gasteiger partial charge >= 0.3 is 0 Å². The number of hydrogen-bond donors (Lipinski definition) is 1. The van der Waals surface area contributed by atoms with E-state index in [4.69, 9.17) is 0 Å². The quantitative estimate of drug-likeness (QED) is 0.828. The van der Waals surface area contributed by atoms with Gasteiger partial charge in [0.05, 0.1) is 5.75 Å². The Kier molecular flexibility index (Phi) is 6.48. The average molecular weight is 356 g/mol. The van der Waals surface area contributed by atoms with Crippen LogP contribution in [-0.2, 0) is 10.5 Å². The summed E-state index contributed by atoms with van der Waals surface area (Å²) in [4.78, 5) is 18.6. The van der Waals surface area contributed by atoms with Crippen molar-refractivity contribution in [2.45, 2.75) is 31.2 Å². The molecule has 4 nitrogen and oxygen atoms in total. The number of likely N-dealkylation sites (tertiary alicyclic amines) is 1. The van der Waals surface area contributed by atoms with Crippen molar-refractivity contribution in [3.8, 4) is 0 Å². The van der Waals surface area contributed by atoms with E-state index in [0.29, 0.717) is 11.8 Å². The predicted octanol–water partition coefficient (Wildman–Crippen LogP) is 3.27. The lowest BCUT2D eigenvalue weighted by Gasteiger charge is -2.24. The fourth-order valence-electron chi connectivity index (χ4n) is 3.21. The van der Waals surface area contributed by atoms with Gasteiger partial charge in [-0.1, -0.05) is 30.3 Å². The number of rotatable bonds is 7. The molecule has 2 heterocycles. The minimum atomic E-state index is 0.137. The molecule has 0 spiro atoms. The highest BCUT2D eigenvalue weighted by Gasteiger charge is 2.27. The molecule has 132 valence electrons. The second-order valence-corrected chi connectivity index (χ2v) is 7.47. The van der Waals surface area contributed by atoms with Gasteiger partial charge in [-0.3, -0.25) is 14.7 Å². The number of amides is 1. The van der Waals surface area contributed by atoms with Gasteiger partial charge in [0.15, 0.2) is 0 Å². The van der Waals surface area contributed by atoms with Gasteiger partial charge in [-0.05, 0) is 36.6 Å². The van der Waals surface area contributed by atoms with Crippen LogP contribution in [-0.4, -0.2) is 40.7 Å². The summed E-state index contributed by atoms with van der Waals surface area (Å²) in [6.45, 7) is 4.20. The zero-order valence-electron chi connectivity index (χ0n) is 14.6. The van der Waals surface area contributed by atoms with Gasteiger partial charge in [0.1, 0.15) is 0 Å². The lowest BCUT2D eigenvalue weighted by Crippen LogP contribution is -2.38. The van der Waals surface area contributed by atoms with Crippen LogP contribution in [0.4, 0.5) is 0 Å². The lowest BCUT2D eigenvalue weighted by molar-refractivity contribution is -0.119. The van der Waals surface area contributed by atoms with Crippen LogP contribution in [0.2, 0.25) is 0 Å². The van der Waals surface area contributed by atoms with E-state index < -0.39 is 0 Å². The van der Waals surface area contributed by atoms with Crippen LogP contribution in [0.3, 0.4) is 0 Å². The Labute approximate surface area is 154 Å². The summed E-state index contributed by atoms with van der Waals surface area (Å²) in [5, 5.41) is 3.19. The molecule has 2 atom stereocenters. The minimum absolute atomic E-state index is 0.137. The van der Waals surface area contributed by atoms with Crippen LogP contribution in [0.1, 0.15) is 30.5 Å². The largest absolute Gasteiger partial charge is 0.351 e. The second kappa shape index (κ2) is 9.02. The first kappa shape index (κ1) is 18.0. The van der Waals surface area contributed by atoms with Crippen LogP contribution in [0.5, 0.6) is 0 Å². The summed E-state index contributed by atoms with van der Waals surface area (Å²) in [7, 11) is 0. The maximum atomic E-state index is 12.2. The second-order valence-electron chi connectivity index (χ2n) is 6.48. The van der Waals surface area contributed by atoms with Crippen molar-refractivity contribution in [3.05, 3.63) is 66.0 Å². The van der Waals surface area contributed by atoms with E-state index in [9.17, 15) is 4.79 Å². The van der Waals surface area contributed by atoms with E-state index in [-0.39, 0.29) is 11.9 Å². The molecule has 1 amide bonds. The number of thioether (sulfide) groups is 1. The molecule has 5 heteroatoms. The van der Waals surface area contributed by atoms with Crippen molar-refractivity contribution in [2.75, 3.05) is 18.8 Å². The van der Waals surface area contributed by atoms with Crippen LogP contribution in [0, 0.1) is 0 Å². The topological polar surface area (TPSA) is 45.2 Å². The number of nitrogens with zero attached hydrogens (tertiary/aromatic N) is 2. The predicted molar refractivity (Wildman–Crippen MR) is 103 cm³/mol. The summed E-state index contributed by atoms with van der Waals surface area (Å²) < 4.78 is 0. The van der Waals surface area contributed by atoms with Crippen LogP contribution in [0.15, 0.2) is 54.9 Å². The molecule has 2 unspecified atom stereocenters. The molecule has 1 fully saturated rings. The molecule has 0 saturated carbocycles. The summed E-state index contributed by atoms with van der Waals surface area (Å²) >= 11 is 1.65. The maximum absolute atomic E-state index is 12.2. The summed E-state index contributed by atoms with van der Waals surface area (Å²) in [6.07, 6.45) is 4.60. The number of nitrogens with one attached hydrogen (secondary N) is 1.